The van der Waals surface area contributed by atoms with E-state index in [0.717, 1.165) is 0 Å². The van der Waals surface area contributed by atoms with Gasteiger partial charge in [-0.1, -0.05) is 0 Å². The van der Waals surface area contributed by atoms with Crippen LogP contribution in [0, 0.1) is 0 Å². The standard InChI is InChI=1S/C21H29N5O5/c1-21(2,3)31-20(30)24-16-8-10-26(11-9-16)19(29)14-4-6-15(7-5-14)23-13-17(25-22)12-18(27)28/h4-7,13,16H,8-12,22H2,1-3H3,(H,24,30)(H,27,28). The highest BCUT2D eigenvalue weighted by Gasteiger charge is 2.26. The molecule has 0 spiro atoms. The van der Waals surface area contributed by atoms with Gasteiger partial charge in [-0.25, -0.2) is 4.79 Å². The Morgan fingerprint density at radius 1 is 1.23 bits per heavy atom. The molecule has 0 unspecified atom stereocenters. The predicted molar refractivity (Wildman–Crippen MR) is 117 cm³/mol. The summed E-state index contributed by atoms with van der Waals surface area (Å²) in [5, 5.41) is 15.0. The van der Waals surface area contributed by atoms with Crippen molar-refractivity contribution in [3.05, 3.63) is 29.8 Å². The Morgan fingerprint density at radius 3 is 2.35 bits per heavy atom. The first-order chi connectivity index (χ1) is 14.6. The molecule has 10 nitrogen and oxygen atoms in total. The van der Waals surface area contributed by atoms with Crippen LogP contribution in [0.1, 0.15) is 50.4 Å². The lowest BCUT2D eigenvalue weighted by Gasteiger charge is -2.33. The number of carboxylic acids is 1. The van der Waals surface area contributed by atoms with Crippen molar-refractivity contribution in [2.75, 3.05) is 13.1 Å². The zero-order chi connectivity index (χ0) is 23.0. The zero-order valence-electron chi connectivity index (χ0n) is 18.0. The topological polar surface area (TPSA) is 147 Å². The van der Waals surface area contributed by atoms with Gasteiger partial charge in [0, 0.05) is 24.7 Å². The summed E-state index contributed by atoms with van der Waals surface area (Å²) in [5.41, 5.74) is 0.654. The Morgan fingerprint density at radius 2 is 1.84 bits per heavy atom. The number of piperidine rings is 1. The summed E-state index contributed by atoms with van der Waals surface area (Å²) in [5.74, 6) is 4.00. The quantitative estimate of drug-likeness (QED) is 0.358. The number of nitrogens with two attached hydrogens (primary N) is 1. The molecule has 10 heteroatoms. The van der Waals surface area contributed by atoms with Crippen molar-refractivity contribution in [1.82, 2.24) is 10.2 Å². The van der Waals surface area contributed by atoms with E-state index in [0.29, 0.717) is 37.2 Å². The molecule has 1 fully saturated rings. The Labute approximate surface area is 181 Å². The van der Waals surface area contributed by atoms with Crippen molar-refractivity contribution < 1.29 is 24.2 Å². The molecular formula is C21H29N5O5. The number of carboxylic acid groups (broad SMARTS) is 1. The van der Waals surface area contributed by atoms with Crippen LogP contribution in [0.4, 0.5) is 10.5 Å². The second-order valence-corrected chi connectivity index (χ2v) is 8.21. The molecule has 1 heterocycles. The van der Waals surface area contributed by atoms with Crippen LogP contribution in [0.2, 0.25) is 0 Å². The average molecular weight is 431 g/mol. The van der Waals surface area contributed by atoms with Crippen LogP contribution >= 0.6 is 0 Å². The number of nitrogens with one attached hydrogen (secondary N) is 1. The summed E-state index contributed by atoms with van der Waals surface area (Å²) < 4.78 is 5.27. The van der Waals surface area contributed by atoms with Gasteiger partial charge in [-0.15, -0.1) is 0 Å². The molecule has 0 saturated carbocycles. The fourth-order valence-electron chi connectivity index (χ4n) is 3.00. The minimum absolute atomic E-state index is 0.0279. The number of ether oxygens (including phenoxy) is 1. The van der Waals surface area contributed by atoms with Gasteiger partial charge in [0.15, 0.2) is 0 Å². The lowest BCUT2D eigenvalue weighted by Crippen LogP contribution is -2.47. The van der Waals surface area contributed by atoms with Crippen molar-refractivity contribution >= 4 is 35.6 Å². The molecule has 0 bridgehead atoms. The summed E-state index contributed by atoms with van der Waals surface area (Å²) in [6.45, 7) is 6.50. The summed E-state index contributed by atoms with van der Waals surface area (Å²) >= 11 is 0. The van der Waals surface area contributed by atoms with E-state index >= 15 is 0 Å². The van der Waals surface area contributed by atoms with Gasteiger partial charge in [0.25, 0.3) is 5.91 Å². The monoisotopic (exact) mass is 431 g/mol. The first kappa shape index (κ1) is 23.8. The molecule has 0 aromatic heterocycles. The number of hydrogen-bond acceptors (Lipinski definition) is 7. The lowest BCUT2D eigenvalue weighted by atomic mass is 10.0. The highest BCUT2D eigenvalue weighted by molar-refractivity contribution is 6.34. The minimum atomic E-state index is -1.05. The Hall–Kier alpha value is -3.43. The SMILES string of the molecule is CC(C)(C)OC(=O)NC1CCN(C(=O)c2ccc(N=CC(CC(=O)O)=NN)cc2)CC1. The first-order valence-corrected chi connectivity index (χ1v) is 9.99. The Kier molecular flexibility index (Phi) is 8.12. The van der Waals surface area contributed by atoms with E-state index < -0.39 is 17.7 Å². The minimum Gasteiger partial charge on any atom is -0.481 e. The van der Waals surface area contributed by atoms with Crippen LogP contribution in [0.15, 0.2) is 34.4 Å². The maximum absolute atomic E-state index is 12.7. The average Bonchev–Trinajstić information content (AvgIpc) is 2.70. The number of nitrogens with zero attached hydrogens (tertiary/aromatic N) is 3. The molecular weight excluding hydrogens is 402 g/mol. The summed E-state index contributed by atoms with van der Waals surface area (Å²) in [6.07, 6.45) is 1.82. The molecule has 1 aromatic rings. The van der Waals surface area contributed by atoms with Crippen molar-refractivity contribution in [3.63, 3.8) is 0 Å². The molecule has 2 amide bonds. The molecule has 31 heavy (non-hydrogen) atoms. The molecule has 0 atom stereocenters. The lowest BCUT2D eigenvalue weighted by molar-refractivity contribution is -0.135. The number of hydrazone groups is 1. The second kappa shape index (κ2) is 10.6. The molecule has 1 aliphatic heterocycles. The van der Waals surface area contributed by atoms with Crippen molar-refractivity contribution in [2.45, 2.75) is 51.7 Å². The third-order valence-electron chi connectivity index (χ3n) is 4.48. The number of aliphatic imine (C=N–C) groups is 1. The summed E-state index contributed by atoms with van der Waals surface area (Å²) in [4.78, 5) is 41.2. The molecule has 1 aromatic carbocycles. The van der Waals surface area contributed by atoms with Gasteiger partial charge in [-0.05, 0) is 57.9 Å². The van der Waals surface area contributed by atoms with Gasteiger partial charge in [0.2, 0.25) is 0 Å². The third kappa shape index (κ3) is 8.07. The molecule has 0 radical (unpaired) electrons. The van der Waals surface area contributed by atoms with E-state index in [9.17, 15) is 14.4 Å². The second-order valence-electron chi connectivity index (χ2n) is 8.21. The molecule has 4 N–H and O–H groups in total. The van der Waals surface area contributed by atoms with E-state index in [2.05, 4.69) is 15.4 Å². The highest BCUT2D eigenvalue weighted by Crippen LogP contribution is 2.18. The van der Waals surface area contributed by atoms with Crippen LogP contribution < -0.4 is 11.2 Å². The Bertz CT molecular complexity index is 850. The number of amides is 2. The van der Waals surface area contributed by atoms with E-state index in [1.54, 1.807) is 29.2 Å². The number of benzene rings is 1. The van der Waals surface area contributed by atoms with Gasteiger partial charge in [-0.3, -0.25) is 14.6 Å². The number of carbonyl (C=O) groups excluding carboxylic acids is 2. The number of carbonyl (C=O) groups is 3. The van der Waals surface area contributed by atoms with E-state index in [1.807, 2.05) is 20.8 Å². The van der Waals surface area contributed by atoms with Crippen LogP contribution in [0.25, 0.3) is 0 Å². The first-order valence-electron chi connectivity index (χ1n) is 9.99. The molecule has 0 aliphatic carbocycles. The number of likely N-dealkylation sites (tertiary alicyclic amines) is 1. The third-order valence-corrected chi connectivity index (χ3v) is 4.48. The van der Waals surface area contributed by atoms with E-state index in [1.165, 1.54) is 6.21 Å². The molecule has 168 valence electrons. The van der Waals surface area contributed by atoms with Crippen LogP contribution in [0.5, 0.6) is 0 Å². The van der Waals surface area contributed by atoms with Crippen molar-refractivity contribution in [1.29, 1.82) is 0 Å². The van der Waals surface area contributed by atoms with Crippen molar-refractivity contribution in [2.24, 2.45) is 15.9 Å². The highest BCUT2D eigenvalue weighted by atomic mass is 16.6. The predicted octanol–water partition coefficient (Wildman–Crippen LogP) is 2.31. The van der Waals surface area contributed by atoms with Crippen LogP contribution in [0.3, 0.4) is 0 Å². The molecule has 1 saturated heterocycles. The van der Waals surface area contributed by atoms with Crippen LogP contribution in [-0.2, 0) is 9.53 Å². The summed E-state index contributed by atoms with van der Waals surface area (Å²) in [6, 6.07) is 6.62. The Balaban J connectivity index is 1.87. The van der Waals surface area contributed by atoms with Crippen molar-refractivity contribution in [3.8, 4) is 0 Å². The summed E-state index contributed by atoms with van der Waals surface area (Å²) in [7, 11) is 0. The van der Waals surface area contributed by atoms with Crippen LogP contribution in [-0.4, -0.2) is 64.6 Å². The number of hydrogen-bond donors (Lipinski definition) is 3. The fraction of sp³-hybridized carbons (Fsp3) is 0.476. The zero-order valence-corrected chi connectivity index (χ0v) is 18.0. The number of aliphatic carboxylic acids is 1. The van der Waals surface area contributed by atoms with Gasteiger partial charge in [-0.2, -0.15) is 5.10 Å². The smallest absolute Gasteiger partial charge is 0.407 e. The number of alkyl carbamates (subject to hydrolysis) is 1. The van der Waals surface area contributed by atoms with Gasteiger partial charge in [0.1, 0.15) is 5.60 Å². The van der Waals surface area contributed by atoms with Gasteiger partial charge < -0.3 is 25.9 Å². The van der Waals surface area contributed by atoms with Gasteiger partial charge in [0.05, 0.1) is 24.0 Å². The molecule has 2 rings (SSSR count). The largest absolute Gasteiger partial charge is 0.481 e. The normalized spacial score (nSPS) is 15.7. The van der Waals surface area contributed by atoms with E-state index in [-0.39, 0.29) is 24.1 Å². The molecule has 1 aliphatic rings. The van der Waals surface area contributed by atoms with E-state index in [4.69, 9.17) is 15.7 Å². The number of rotatable bonds is 6. The fourth-order valence-corrected chi connectivity index (χ4v) is 3.00. The maximum atomic E-state index is 12.7. The van der Waals surface area contributed by atoms with Gasteiger partial charge >= 0.3 is 12.1 Å². The maximum Gasteiger partial charge on any atom is 0.407 e.